The van der Waals surface area contributed by atoms with Crippen molar-refractivity contribution in [1.29, 1.82) is 0 Å². The molecule has 80 valence electrons. The van der Waals surface area contributed by atoms with E-state index in [2.05, 4.69) is 0 Å². The maximum absolute atomic E-state index is 13.1. The number of rotatable bonds is 0. The van der Waals surface area contributed by atoms with E-state index in [9.17, 15) is 22.0 Å². The van der Waals surface area contributed by atoms with Crippen molar-refractivity contribution < 1.29 is 22.0 Å². The van der Waals surface area contributed by atoms with E-state index in [0.717, 1.165) is 0 Å². The van der Waals surface area contributed by atoms with Crippen LogP contribution in [0.25, 0.3) is 0 Å². The van der Waals surface area contributed by atoms with Crippen LogP contribution in [0.3, 0.4) is 0 Å². The van der Waals surface area contributed by atoms with E-state index < -0.39 is 32.8 Å². The molecular weight excluding hydrogens is 273 g/mol. The summed E-state index contributed by atoms with van der Waals surface area (Å²) in [5.74, 6) is -9.31. The molecule has 0 fully saturated rings. The lowest BCUT2D eigenvalue weighted by molar-refractivity contribution is 0.222. The molecule has 0 amide bonds. The van der Waals surface area contributed by atoms with Gasteiger partial charge in [0.05, 0.1) is 0 Å². The molecule has 0 N–H and O–H groups in total. The lowest BCUT2D eigenvalue weighted by Gasteiger charge is -2.31. The van der Waals surface area contributed by atoms with Crippen molar-refractivity contribution >= 4 is 34.8 Å². The zero-order chi connectivity index (χ0) is 11.3. The maximum Gasteiger partial charge on any atom is 0.276 e. The summed E-state index contributed by atoms with van der Waals surface area (Å²) in [6.45, 7) is 0. The zero-order valence-corrected chi connectivity index (χ0v) is 8.29. The van der Waals surface area contributed by atoms with Crippen LogP contribution in [-0.4, -0.2) is 9.46 Å². The quantitative estimate of drug-likeness (QED) is 0.454. The normalized spacial score (nSPS) is 32.6. The van der Waals surface area contributed by atoms with Gasteiger partial charge in [0.1, 0.15) is 0 Å². The highest BCUT2D eigenvalue weighted by molar-refractivity contribution is 6.55. The summed E-state index contributed by atoms with van der Waals surface area (Å²) in [5, 5.41) is -3.88. The first-order valence-corrected chi connectivity index (χ1v) is 4.15. The van der Waals surface area contributed by atoms with Gasteiger partial charge in [-0.05, 0) is 0 Å². The molecule has 14 heavy (non-hydrogen) atoms. The summed E-state index contributed by atoms with van der Waals surface area (Å²) < 4.78 is 60.1. The molecule has 1 aliphatic carbocycles. The molecule has 0 saturated heterocycles. The van der Waals surface area contributed by atoms with Gasteiger partial charge in [0.2, 0.25) is 4.33 Å². The van der Waals surface area contributed by atoms with Crippen molar-refractivity contribution in [3.8, 4) is 0 Å². The Labute approximate surface area is 89.9 Å². The maximum atomic E-state index is 13.1. The van der Waals surface area contributed by atoms with E-state index in [1.165, 1.54) is 0 Å². The van der Waals surface area contributed by atoms with Gasteiger partial charge in [-0.1, -0.05) is 34.8 Å². The van der Waals surface area contributed by atoms with Gasteiger partial charge in [0.15, 0.2) is 23.3 Å². The number of hydrogen-bond acceptors (Lipinski definition) is 0. The van der Waals surface area contributed by atoms with Gasteiger partial charge < -0.3 is 0 Å². The highest BCUT2D eigenvalue weighted by atomic mass is 35.5. The largest absolute Gasteiger partial charge is 0.276 e. The van der Waals surface area contributed by atoms with Crippen LogP contribution in [0.5, 0.6) is 0 Å². The fraction of sp³-hybridized carbons (Fsp3) is 0.333. The summed E-state index contributed by atoms with van der Waals surface area (Å²) in [6, 6.07) is 0. The van der Waals surface area contributed by atoms with Crippen molar-refractivity contribution in [2.75, 3.05) is 0 Å². The van der Waals surface area contributed by atoms with Crippen molar-refractivity contribution in [3.05, 3.63) is 23.3 Å². The van der Waals surface area contributed by atoms with E-state index in [1.54, 1.807) is 0 Å². The Morgan fingerprint density at radius 1 is 0.786 bits per heavy atom. The average molecular weight is 273 g/mol. The van der Waals surface area contributed by atoms with Crippen molar-refractivity contribution in [2.45, 2.75) is 9.46 Å². The number of hydrogen-bond donors (Lipinski definition) is 0. The molecule has 8 heteroatoms. The van der Waals surface area contributed by atoms with Crippen LogP contribution < -0.4 is 0 Å². The molecule has 0 aromatic carbocycles. The van der Waals surface area contributed by atoms with Gasteiger partial charge in [-0.15, -0.1) is 0 Å². The Kier molecular flexibility index (Phi) is 2.80. The van der Waals surface area contributed by atoms with Gasteiger partial charge in [-0.2, -0.15) is 0 Å². The van der Waals surface area contributed by atoms with Crippen LogP contribution in [-0.2, 0) is 0 Å². The Balaban J connectivity index is 3.48. The van der Waals surface area contributed by atoms with E-state index >= 15 is 0 Å². The molecule has 0 spiro atoms. The fourth-order valence-corrected chi connectivity index (χ4v) is 1.24. The lowest BCUT2D eigenvalue weighted by atomic mass is 10.1. The SMILES string of the molecule is FC1=C(F)C(F)(Cl)C(Cl)(Cl)C(F)=C1F. The second kappa shape index (κ2) is 3.25. The predicted molar refractivity (Wildman–Crippen MR) is 42.6 cm³/mol. The third-order valence-electron chi connectivity index (χ3n) is 1.52. The van der Waals surface area contributed by atoms with Gasteiger partial charge in [0, 0.05) is 0 Å². The molecule has 0 radical (unpaired) electrons. The summed E-state index contributed by atoms with van der Waals surface area (Å²) >= 11 is 14.6. The Morgan fingerprint density at radius 3 is 1.57 bits per heavy atom. The molecular formula is C6Cl3F5. The monoisotopic (exact) mass is 272 g/mol. The third-order valence-corrected chi connectivity index (χ3v) is 3.02. The Bertz CT molecular complexity index is 309. The molecule has 0 heterocycles. The molecule has 0 saturated carbocycles. The third kappa shape index (κ3) is 1.33. The summed E-state index contributed by atoms with van der Waals surface area (Å²) in [7, 11) is 0. The first-order valence-electron chi connectivity index (χ1n) is 3.01. The van der Waals surface area contributed by atoms with Crippen LogP contribution >= 0.6 is 34.8 Å². The van der Waals surface area contributed by atoms with E-state index in [1.807, 2.05) is 0 Å². The van der Waals surface area contributed by atoms with Gasteiger partial charge in [-0.3, -0.25) is 0 Å². The minimum absolute atomic E-state index is 2.21. The fourth-order valence-electron chi connectivity index (χ4n) is 0.744. The first-order chi connectivity index (χ1) is 6.14. The topological polar surface area (TPSA) is 0 Å². The van der Waals surface area contributed by atoms with E-state index in [4.69, 9.17) is 34.8 Å². The smallest absolute Gasteiger partial charge is 0.214 e. The number of alkyl halides is 4. The molecule has 0 nitrogen and oxygen atoms in total. The van der Waals surface area contributed by atoms with Crippen LogP contribution in [0.1, 0.15) is 0 Å². The van der Waals surface area contributed by atoms with Crippen LogP contribution in [0.2, 0.25) is 0 Å². The zero-order valence-electron chi connectivity index (χ0n) is 6.02. The summed E-state index contributed by atoms with van der Waals surface area (Å²) in [4.78, 5) is 0. The molecule has 0 aromatic heterocycles. The second-order valence-electron chi connectivity index (χ2n) is 2.40. The van der Waals surface area contributed by atoms with Crippen molar-refractivity contribution in [2.24, 2.45) is 0 Å². The number of allylic oxidation sites excluding steroid dienone is 4. The van der Waals surface area contributed by atoms with Gasteiger partial charge in [-0.25, -0.2) is 22.0 Å². The summed E-state index contributed by atoms with van der Waals surface area (Å²) in [5.41, 5.74) is 0. The predicted octanol–water partition coefficient (Wildman–Crippen LogP) is 4.38. The minimum atomic E-state index is -3.88. The standard InChI is InChI=1S/C6Cl3F5/c7-5(8)3(12)1(10)2(11)4(13)6(5,9)14. The highest BCUT2D eigenvalue weighted by Crippen LogP contribution is 2.56. The molecule has 0 aliphatic heterocycles. The average Bonchev–Trinajstić information content (AvgIpc) is 2.10. The Morgan fingerprint density at radius 2 is 1.14 bits per heavy atom. The van der Waals surface area contributed by atoms with Crippen molar-refractivity contribution in [3.63, 3.8) is 0 Å². The molecule has 0 aromatic rings. The summed E-state index contributed by atoms with van der Waals surface area (Å²) in [6.07, 6.45) is 0. The molecule has 1 unspecified atom stereocenters. The minimum Gasteiger partial charge on any atom is -0.214 e. The van der Waals surface area contributed by atoms with Crippen molar-refractivity contribution in [1.82, 2.24) is 0 Å². The molecule has 1 aliphatic rings. The number of halogens is 8. The van der Waals surface area contributed by atoms with E-state index in [0.29, 0.717) is 0 Å². The Hall–Kier alpha value is -0.000000000000000111. The first kappa shape index (κ1) is 12.1. The molecule has 1 atom stereocenters. The molecule has 1 rings (SSSR count). The van der Waals surface area contributed by atoms with Crippen LogP contribution in [0.4, 0.5) is 22.0 Å². The van der Waals surface area contributed by atoms with Gasteiger partial charge in [0.25, 0.3) is 5.13 Å². The van der Waals surface area contributed by atoms with Crippen LogP contribution in [0, 0.1) is 0 Å². The van der Waals surface area contributed by atoms with Crippen LogP contribution in [0.15, 0.2) is 23.3 Å². The molecule has 0 bridgehead atoms. The van der Waals surface area contributed by atoms with Gasteiger partial charge >= 0.3 is 0 Å². The second-order valence-corrected chi connectivity index (χ2v) is 4.25. The highest BCUT2D eigenvalue weighted by Gasteiger charge is 2.62. The lowest BCUT2D eigenvalue weighted by Crippen LogP contribution is -2.42. The van der Waals surface area contributed by atoms with E-state index in [-0.39, 0.29) is 0 Å².